The summed E-state index contributed by atoms with van der Waals surface area (Å²) in [4.78, 5) is 29.4. The maximum Gasteiger partial charge on any atom is 0.274 e. The summed E-state index contributed by atoms with van der Waals surface area (Å²) in [5.41, 5.74) is 1.94. The van der Waals surface area contributed by atoms with Crippen molar-refractivity contribution >= 4 is 28.7 Å². The van der Waals surface area contributed by atoms with E-state index in [9.17, 15) is 9.59 Å². The molecule has 2 aromatic heterocycles. The van der Waals surface area contributed by atoms with Crippen LogP contribution in [0.4, 0.5) is 5.69 Å². The minimum Gasteiger partial charge on any atom is -0.320 e. The van der Waals surface area contributed by atoms with Gasteiger partial charge in [-0.05, 0) is 37.3 Å². The summed E-state index contributed by atoms with van der Waals surface area (Å²) < 4.78 is 0. The molecule has 3 rings (SSSR count). The Bertz CT molecular complexity index is 856. The fraction of sp³-hybridized carbons (Fsp3) is 0.0556. The Morgan fingerprint density at radius 2 is 1.78 bits per heavy atom. The van der Waals surface area contributed by atoms with Crippen molar-refractivity contribution < 1.29 is 9.59 Å². The number of para-hydroxylation sites is 1. The van der Waals surface area contributed by atoms with Gasteiger partial charge >= 0.3 is 0 Å². The van der Waals surface area contributed by atoms with Gasteiger partial charge in [0.1, 0.15) is 5.69 Å². The van der Waals surface area contributed by atoms with Gasteiger partial charge in [-0.2, -0.15) is 0 Å². The number of thiophene rings is 1. The summed E-state index contributed by atoms with van der Waals surface area (Å²) in [5, 5.41) is 2.88. The van der Waals surface area contributed by atoms with Crippen molar-refractivity contribution in [3.05, 3.63) is 71.4 Å². The Hall–Kier alpha value is -2.79. The molecule has 0 aliphatic rings. The molecule has 3 aromatic rings. The molecule has 0 aliphatic carbocycles. The van der Waals surface area contributed by atoms with Gasteiger partial charge < -0.3 is 5.32 Å². The molecule has 0 saturated heterocycles. The second-order valence-corrected chi connectivity index (χ2v) is 6.02. The van der Waals surface area contributed by atoms with E-state index in [1.807, 2.05) is 30.3 Å². The molecule has 1 aromatic carbocycles. The summed E-state index contributed by atoms with van der Waals surface area (Å²) >= 11 is 1.41. The highest BCUT2D eigenvalue weighted by molar-refractivity contribution is 7.17. The van der Waals surface area contributed by atoms with Crippen molar-refractivity contribution in [1.82, 2.24) is 4.98 Å². The first kappa shape index (κ1) is 15.1. The largest absolute Gasteiger partial charge is 0.320 e. The molecule has 0 spiro atoms. The molecule has 0 saturated carbocycles. The SMILES string of the molecule is CC(=O)c1ccc(-c2ccccc2NC(=O)c2ccccn2)s1. The zero-order chi connectivity index (χ0) is 16.2. The van der Waals surface area contributed by atoms with Crippen molar-refractivity contribution in [1.29, 1.82) is 0 Å². The van der Waals surface area contributed by atoms with Crippen molar-refractivity contribution in [2.45, 2.75) is 6.92 Å². The third-order valence-corrected chi connectivity index (χ3v) is 4.51. The number of amides is 1. The van der Waals surface area contributed by atoms with E-state index in [1.54, 1.807) is 37.4 Å². The van der Waals surface area contributed by atoms with Gasteiger partial charge in [0.25, 0.3) is 5.91 Å². The fourth-order valence-electron chi connectivity index (χ4n) is 2.16. The molecule has 0 unspecified atom stereocenters. The number of nitrogens with zero attached hydrogens (tertiary/aromatic N) is 1. The minimum absolute atomic E-state index is 0.0382. The highest BCUT2D eigenvalue weighted by Gasteiger charge is 2.13. The molecule has 4 nitrogen and oxygen atoms in total. The molecule has 23 heavy (non-hydrogen) atoms. The number of rotatable bonds is 4. The monoisotopic (exact) mass is 322 g/mol. The first-order chi connectivity index (χ1) is 11.1. The second kappa shape index (κ2) is 6.54. The van der Waals surface area contributed by atoms with E-state index in [2.05, 4.69) is 10.3 Å². The molecule has 1 amide bonds. The third kappa shape index (κ3) is 3.35. The van der Waals surface area contributed by atoms with E-state index < -0.39 is 0 Å². The van der Waals surface area contributed by atoms with Crippen molar-refractivity contribution in [2.24, 2.45) is 0 Å². The molecule has 0 radical (unpaired) electrons. The van der Waals surface area contributed by atoms with Gasteiger partial charge in [-0.3, -0.25) is 14.6 Å². The molecule has 0 atom stereocenters. The number of benzene rings is 1. The number of aromatic nitrogens is 1. The first-order valence-electron chi connectivity index (χ1n) is 7.08. The van der Waals surface area contributed by atoms with Crippen molar-refractivity contribution in [2.75, 3.05) is 5.32 Å². The molecule has 0 fully saturated rings. The highest BCUT2D eigenvalue weighted by Crippen LogP contribution is 2.33. The average Bonchev–Trinajstić information content (AvgIpc) is 3.06. The Balaban J connectivity index is 1.91. The van der Waals surface area contributed by atoms with Crippen LogP contribution in [0.25, 0.3) is 10.4 Å². The fourth-order valence-corrected chi connectivity index (χ4v) is 3.10. The van der Waals surface area contributed by atoms with Crippen LogP contribution in [0, 0.1) is 0 Å². The average molecular weight is 322 g/mol. The van der Waals surface area contributed by atoms with Crippen LogP contribution in [-0.2, 0) is 0 Å². The summed E-state index contributed by atoms with van der Waals surface area (Å²) in [6.45, 7) is 1.55. The summed E-state index contributed by atoms with van der Waals surface area (Å²) in [5.74, 6) is -0.224. The molecular formula is C18H14N2O2S. The van der Waals surface area contributed by atoms with E-state index in [4.69, 9.17) is 0 Å². The van der Waals surface area contributed by atoms with Crippen LogP contribution >= 0.6 is 11.3 Å². The van der Waals surface area contributed by atoms with Gasteiger partial charge in [0, 0.05) is 22.3 Å². The minimum atomic E-state index is -0.263. The van der Waals surface area contributed by atoms with Gasteiger partial charge in [0.15, 0.2) is 5.78 Å². The van der Waals surface area contributed by atoms with Crippen molar-refractivity contribution in [3.63, 3.8) is 0 Å². The Labute approximate surface area is 137 Å². The molecular weight excluding hydrogens is 308 g/mol. The van der Waals surface area contributed by atoms with Gasteiger partial charge in [0.05, 0.1) is 4.88 Å². The summed E-state index contributed by atoms with van der Waals surface area (Å²) in [6, 6.07) is 16.4. The topological polar surface area (TPSA) is 59.1 Å². The standard InChI is InChI=1S/C18H14N2O2S/c1-12(21)16-9-10-17(23-16)13-6-2-3-7-14(13)20-18(22)15-8-4-5-11-19-15/h2-11H,1H3,(H,20,22). The lowest BCUT2D eigenvalue weighted by molar-refractivity contribution is 0.101. The summed E-state index contributed by atoms with van der Waals surface area (Å²) in [7, 11) is 0. The van der Waals surface area contributed by atoms with Crippen LogP contribution in [0.2, 0.25) is 0 Å². The molecule has 5 heteroatoms. The lowest BCUT2D eigenvalue weighted by atomic mass is 10.1. The highest BCUT2D eigenvalue weighted by atomic mass is 32.1. The third-order valence-electron chi connectivity index (χ3n) is 3.29. The number of carbonyl (C=O) groups excluding carboxylic acids is 2. The van der Waals surface area contributed by atoms with Crippen LogP contribution in [0.1, 0.15) is 27.1 Å². The summed E-state index contributed by atoms with van der Waals surface area (Å²) in [6.07, 6.45) is 1.58. The zero-order valence-electron chi connectivity index (χ0n) is 12.4. The quantitative estimate of drug-likeness (QED) is 0.730. The van der Waals surface area contributed by atoms with Crippen LogP contribution in [0.15, 0.2) is 60.8 Å². The lowest BCUT2D eigenvalue weighted by Crippen LogP contribution is -2.13. The smallest absolute Gasteiger partial charge is 0.274 e. The van der Waals surface area contributed by atoms with Crippen LogP contribution in [-0.4, -0.2) is 16.7 Å². The van der Waals surface area contributed by atoms with E-state index in [0.29, 0.717) is 16.3 Å². The number of hydrogen-bond acceptors (Lipinski definition) is 4. The molecule has 0 bridgehead atoms. The van der Waals surface area contributed by atoms with Gasteiger partial charge in [-0.15, -0.1) is 11.3 Å². The maximum atomic E-state index is 12.3. The van der Waals surface area contributed by atoms with Gasteiger partial charge in [0.2, 0.25) is 0 Å². The number of Topliss-reactive ketones (excluding diaryl/α,β-unsaturated/α-hetero) is 1. The van der Waals surface area contributed by atoms with E-state index in [0.717, 1.165) is 10.4 Å². The van der Waals surface area contributed by atoms with Gasteiger partial charge in [-0.25, -0.2) is 0 Å². The predicted molar refractivity (Wildman–Crippen MR) is 91.9 cm³/mol. The normalized spacial score (nSPS) is 10.3. The Kier molecular flexibility index (Phi) is 4.30. The van der Waals surface area contributed by atoms with Crippen LogP contribution in [0.5, 0.6) is 0 Å². The second-order valence-electron chi connectivity index (χ2n) is 4.93. The number of nitrogens with one attached hydrogen (secondary N) is 1. The van der Waals surface area contributed by atoms with Crippen molar-refractivity contribution in [3.8, 4) is 10.4 Å². The molecule has 1 N–H and O–H groups in total. The zero-order valence-corrected chi connectivity index (χ0v) is 13.3. The van der Waals surface area contributed by atoms with E-state index >= 15 is 0 Å². The molecule has 2 heterocycles. The van der Waals surface area contributed by atoms with E-state index in [-0.39, 0.29) is 11.7 Å². The predicted octanol–water partition coefficient (Wildman–Crippen LogP) is 4.27. The maximum absolute atomic E-state index is 12.3. The lowest BCUT2D eigenvalue weighted by Gasteiger charge is -2.09. The molecule has 0 aliphatic heterocycles. The number of ketones is 1. The number of anilines is 1. The van der Waals surface area contributed by atoms with Crippen LogP contribution in [0.3, 0.4) is 0 Å². The number of pyridine rings is 1. The van der Waals surface area contributed by atoms with E-state index in [1.165, 1.54) is 11.3 Å². The Morgan fingerprint density at radius 1 is 1.00 bits per heavy atom. The molecule has 114 valence electrons. The first-order valence-corrected chi connectivity index (χ1v) is 7.89. The Morgan fingerprint density at radius 3 is 2.48 bits per heavy atom. The number of carbonyl (C=O) groups is 2. The number of hydrogen-bond donors (Lipinski definition) is 1. The van der Waals surface area contributed by atoms with Gasteiger partial charge in [-0.1, -0.05) is 24.3 Å². The van der Waals surface area contributed by atoms with Crippen LogP contribution < -0.4 is 5.32 Å².